The van der Waals surface area contributed by atoms with Crippen LogP contribution in [0, 0.1) is 0 Å². The number of thioether (sulfide) groups is 1. The Morgan fingerprint density at radius 1 is 1.20 bits per heavy atom. The van der Waals surface area contributed by atoms with Crippen molar-refractivity contribution in [3.8, 4) is 0 Å². The van der Waals surface area contributed by atoms with E-state index in [1.165, 1.54) is 21.8 Å². The Kier molecular flexibility index (Phi) is 4.35. The molecule has 0 bridgehead atoms. The monoisotopic (exact) mass is 303 g/mol. The third kappa shape index (κ3) is 3.03. The van der Waals surface area contributed by atoms with Crippen LogP contribution >= 0.6 is 23.4 Å². The molecule has 1 aliphatic heterocycles. The maximum Gasteiger partial charge on any atom is 0.0406 e. The van der Waals surface area contributed by atoms with Gasteiger partial charge in [-0.15, -0.1) is 11.8 Å². The van der Waals surface area contributed by atoms with E-state index in [-0.39, 0.29) is 0 Å². The molecule has 2 aromatic rings. The molecular formula is C17H18ClNS. The van der Waals surface area contributed by atoms with Crippen molar-refractivity contribution in [2.24, 2.45) is 0 Å². The minimum absolute atomic E-state index is 0.352. The number of hydrogen-bond donors (Lipinski definition) is 1. The fourth-order valence-corrected chi connectivity index (χ4v) is 3.97. The van der Waals surface area contributed by atoms with Gasteiger partial charge in [0, 0.05) is 34.2 Å². The highest BCUT2D eigenvalue weighted by Gasteiger charge is 2.22. The second kappa shape index (κ2) is 6.21. The smallest absolute Gasteiger partial charge is 0.0406 e. The first-order valence-corrected chi connectivity index (χ1v) is 8.31. The lowest BCUT2D eigenvalue weighted by Crippen LogP contribution is -2.24. The van der Waals surface area contributed by atoms with Crippen LogP contribution in [0.1, 0.15) is 30.0 Å². The lowest BCUT2D eigenvalue weighted by molar-refractivity contribution is 0.541. The summed E-state index contributed by atoms with van der Waals surface area (Å²) in [6, 6.07) is 17.2. The standard InChI is InChI=1S/C17H18ClNS/c1-12(13-6-8-15(18)9-7-13)19-10-14-11-20-17-5-3-2-4-16(14)17/h2-9,12,14,19H,10-11H2,1H3/t12-,14?/m1/s1. The maximum atomic E-state index is 5.93. The van der Waals surface area contributed by atoms with Gasteiger partial charge in [-0.25, -0.2) is 0 Å². The lowest BCUT2D eigenvalue weighted by Gasteiger charge is -2.18. The predicted octanol–water partition coefficient (Wildman–Crippen LogP) is 4.88. The average molecular weight is 304 g/mol. The first-order valence-electron chi connectivity index (χ1n) is 6.94. The first kappa shape index (κ1) is 14.0. The van der Waals surface area contributed by atoms with Crippen LogP contribution in [-0.4, -0.2) is 12.3 Å². The normalized spacial score (nSPS) is 18.8. The summed E-state index contributed by atoms with van der Waals surface area (Å²) in [5.74, 6) is 1.80. The quantitative estimate of drug-likeness (QED) is 0.864. The van der Waals surface area contributed by atoms with Gasteiger partial charge in [0.25, 0.3) is 0 Å². The molecule has 3 rings (SSSR count). The molecule has 0 aliphatic carbocycles. The van der Waals surface area contributed by atoms with Crippen LogP contribution < -0.4 is 5.32 Å². The van der Waals surface area contributed by atoms with Crippen LogP contribution in [0.4, 0.5) is 0 Å². The molecule has 0 amide bonds. The Hall–Kier alpha value is -0.960. The fourth-order valence-electron chi connectivity index (χ4n) is 2.59. The second-order valence-electron chi connectivity index (χ2n) is 5.23. The number of nitrogens with one attached hydrogen (secondary N) is 1. The number of halogens is 1. The summed E-state index contributed by atoms with van der Waals surface area (Å²) in [5, 5.41) is 4.44. The highest BCUT2D eigenvalue weighted by molar-refractivity contribution is 7.99. The Morgan fingerprint density at radius 3 is 2.75 bits per heavy atom. The molecule has 1 nitrogen and oxygen atoms in total. The van der Waals surface area contributed by atoms with Gasteiger partial charge in [0.1, 0.15) is 0 Å². The molecule has 0 fully saturated rings. The van der Waals surface area contributed by atoms with Crippen molar-refractivity contribution in [3.63, 3.8) is 0 Å². The van der Waals surface area contributed by atoms with Crippen LogP contribution in [0.25, 0.3) is 0 Å². The molecule has 0 saturated carbocycles. The van der Waals surface area contributed by atoms with Crippen LogP contribution in [0.15, 0.2) is 53.4 Å². The van der Waals surface area contributed by atoms with Gasteiger partial charge >= 0.3 is 0 Å². The van der Waals surface area contributed by atoms with Crippen molar-refractivity contribution in [2.45, 2.75) is 23.8 Å². The fraction of sp³-hybridized carbons (Fsp3) is 0.294. The first-order chi connectivity index (χ1) is 9.74. The molecule has 3 heteroatoms. The molecule has 0 aromatic heterocycles. The van der Waals surface area contributed by atoms with Crippen LogP contribution in [0.2, 0.25) is 5.02 Å². The molecule has 2 atom stereocenters. The van der Waals surface area contributed by atoms with E-state index in [9.17, 15) is 0 Å². The van der Waals surface area contributed by atoms with E-state index in [2.05, 4.69) is 48.6 Å². The third-order valence-electron chi connectivity index (χ3n) is 3.84. The molecule has 20 heavy (non-hydrogen) atoms. The van der Waals surface area contributed by atoms with E-state index in [1.807, 2.05) is 23.9 Å². The van der Waals surface area contributed by atoms with Gasteiger partial charge in [-0.05, 0) is 36.2 Å². The molecule has 1 unspecified atom stereocenters. The number of fused-ring (bicyclic) bond motifs is 1. The number of rotatable bonds is 4. The molecule has 0 radical (unpaired) electrons. The lowest BCUT2D eigenvalue weighted by atomic mass is 10.0. The number of hydrogen-bond acceptors (Lipinski definition) is 2. The predicted molar refractivity (Wildman–Crippen MR) is 87.8 cm³/mol. The Balaban J connectivity index is 1.62. The zero-order valence-corrected chi connectivity index (χ0v) is 13.0. The van der Waals surface area contributed by atoms with Crippen LogP contribution in [0.3, 0.4) is 0 Å². The molecule has 1 N–H and O–H groups in total. The van der Waals surface area contributed by atoms with E-state index in [0.717, 1.165) is 11.6 Å². The summed E-state index contributed by atoms with van der Waals surface area (Å²) in [6.45, 7) is 3.23. The third-order valence-corrected chi connectivity index (χ3v) is 5.34. The molecule has 0 saturated heterocycles. The zero-order chi connectivity index (χ0) is 13.9. The summed E-state index contributed by atoms with van der Waals surface area (Å²) in [5.41, 5.74) is 2.78. The van der Waals surface area contributed by atoms with Crippen molar-refractivity contribution >= 4 is 23.4 Å². The van der Waals surface area contributed by atoms with Gasteiger partial charge in [-0.3, -0.25) is 0 Å². The van der Waals surface area contributed by atoms with Crippen molar-refractivity contribution in [1.29, 1.82) is 0 Å². The summed E-state index contributed by atoms with van der Waals surface area (Å²) >= 11 is 7.90. The molecule has 1 aliphatic rings. The minimum atomic E-state index is 0.352. The molecule has 2 aromatic carbocycles. The summed E-state index contributed by atoms with van der Waals surface area (Å²) in [7, 11) is 0. The van der Waals surface area contributed by atoms with Gasteiger partial charge in [0.05, 0.1) is 0 Å². The highest BCUT2D eigenvalue weighted by atomic mass is 35.5. The van der Waals surface area contributed by atoms with E-state index in [1.54, 1.807) is 0 Å². The van der Waals surface area contributed by atoms with Crippen molar-refractivity contribution in [1.82, 2.24) is 5.32 Å². The topological polar surface area (TPSA) is 12.0 Å². The van der Waals surface area contributed by atoms with E-state index in [4.69, 9.17) is 11.6 Å². The van der Waals surface area contributed by atoms with E-state index in [0.29, 0.717) is 12.0 Å². The van der Waals surface area contributed by atoms with Crippen molar-refractivity contribution in [3.05, 3.63) is 64.7 Å². The Labute approximate surface area is 129 Å². The van der Waals surface area contributed by atoms with Crippen LogP contribution in [0.5, 0.6) is 0 Å². The van der Waals surface area contributed by atoms with E-state index < -0.39 is 0 Å². The van der Waals surface area contributed by atoms with Crippen molar-refractivity contribution < 1.29 is 0 Å². The average Bonchev–Trinajstić information content (AvgIpc) is 2.89. The van der Waals surface area contributed by atoms with Gasteiger partial charge in [-0.1, -0.05) is 41.9 Å². The van der Waals surface area contributed by atoms with Crippen molar-refractivity contribution in [2.75, 3.05) is 12.3 Å². The molecule has 0 spiro atoms. The second-order valence-corrected chi connectivity index (χ2v) is 6.73. The summed E-state index contributed by atoms with van der Waals surface area (Å²) in [4.78, 5) is 1.44. The summed E-state index contributed by atoms with van der Waals surface area (Å²) in [6.07, 6.45) is 0. The van der Waals surface area contributed by atoms with E-state index >= 15 is 0 Å². The Morgan fingerprint density at radius 2 is 1.95 bits per heavy atom. The molecule has 1 heterocycles. The van der Waals surface area contributed by atoms with Gasteiger partial charge < -0.3 is 5.32 Å². The number of benzene rings is 2. The maximum absolute atomic E-state index is 5.93. The Bertz CT molecular complexity index is 582. The summed E-state index contributed by atoms with van der Waals surface area (Å²) < 4.78 is 0. The van der Waals surface area contributed by atoms with Gasteiger partial charge in [0.15, 0.2) is 0 Å². The zero-order valence-electron chi connectivity index (χ0n) is 11.5. The molecule has 104 valence electrons. The molecular weight excluding hydrogens is 286 g/mol. The highest BCUT2D eigenvalue weighted by Crippen LogP contribution is 2.39. The SMILES string of the molecule is C[C@@H](NCC1CSc2ccccc21)c1ccc(Cl)cc1. The van der Waals surface area contributed by atoms with Gasteiger partial charge in [0.2, 0.25) is 0 Å². The largest absolute Gasteiger partial charge is 0.310 e. The minimum Gasteiger partial charge on any atom is -0.310 e. The van der Waals surface area contributed by atoms with Gasteiger partial charge in [-0.2, -0.15) is 0 Å². The van der Waals surface area contributed by atoms with Crippen LogP contribution in [-0.2, 0) is 0 Å².